The van der Waals surface area contributed by atoms with Gasteiger partial charge in [-0.3, -0.25) is 38.4 Å². The quantitative estimate of drug-likeness (QED) is 0.201. The molecule has 8 bridgehead atoms. The molecule has 0 amide bonds. The van der Waals surface area contributed by atoms with Gasteiger partial charge in [-0.1, -0.05) is 0 Å². The molecule has 2 aliphatic heterocycles. The van der Waals surface area contributed by atoms with E-state index in [1.807, 2.05) is 0 Å². The predicted molar refractivity (Wildman–Crippen MR) is 268 cm³/mol. The molecule has 9 heterocycles. The molecule has 0 saturated heterocycles. The van der Waals surface area contributed by atoms with Crippen molar-refractivity contribution in [2.75, 3.05) is 0 Å². The molecule has 0 atom stereocenters. The van der Waals surface area contributed by atoms with Gasteiger partial charge < -0.3 is 46.5 Å². The lowest BCUT2D eigenvalue weighted by atomic mass is 10.1. The molecule has 0 aliphatic carbocycles. The van der Waals surface area contributed by atoms with E-state index in [4.69, 9.17) is 29.9 Å². The summed E-state index contributed by atoms with van der Waals surface area (Å²) in [6, 6.07) is 13.6. The van der Waals surface area contributed by atoms with Crippen LogP contribution in [0.3, 0.4) is 0 Å². The number of aromatic nitrogens is 16. The Balaban J connectivity index is 1.28. The molecule has 24 nitrogen and oxygen atoms in total. The molecule has 2 aliphatic rings. The van der Waals surface area contributed by atoms with E-state index in [-0.39, 0.29) is 45.9 Å². The average Bonchev–Trinajstić information content (AvgIpc) is 4.11. The fraction of sp³-hybridized carbons (Fsp3) is 0.167. The van der Waals surface area contributed by atoms with Gasteiger partial charge in [-0.05, 0) is 48.5 Å². The van der Waals surface area contributed by atoms with Crippen LogP contribution in [0.5, 0.6) is 0 Å². The number of hydrogen-bond acceptors (Lipinski definition) is 14. The van der Waals surface area contributed by atoms with Gasteiger partial charge in [0.2, 0.25) is 0 Å². The van der Waals surface area contributed by atoms with Gasteiger partial charge in [0.1, 0.15) is 22.6 Å². The van der Waals surface area contributed by atoms with Crippen molar-refractivity contribution >= 4 is 88.3 Å². The molecular weight excluding hydrogens is 929 g/mol. The Morgan fingerprint density at radius 2 is 0.431 bits per heavy atom. The highest BCUT2D eigenvalue weighted by molar-refractivity contribution is 6.12. The molecule has 4 aromatic carbocycles. The average molecular weight is 963 g/mol. The lowest BCUT2D eigenvalue weighted by Gasteiger charge is -2.11. The zero-order chi connectivity index (χ0) is 50.4. The van der Waals surface area contributed by atoms with E-state index in [0.717, 1.165) is 0 Å². The Hall–Kier alpha value is -10.0. The van der Waals surface area contributed by atoms with Crippen molar-refractivity contribution in [3.63, 3.8) is 0 Å². The van der Waals surface area contributed by atoms with E-state index < -0.39 is 44.5 Å². The Labute approximate surface area is 396 Å². The second kappa shape index (κ2) is 13.8. The molecule has 354 valence electrons. The summed E-state index contributed by atoms with van der Waals surface area (Å²) >= 11 is 0. The first-order valence-corrected chi connectivity index (χ1v) is 22.1. The number of hydrogen-bond donors (Lipinski definition) is 2. The monoisotopic (exact) mass is 962 g/mol. The second-order valence-electron chi connectivity index (χ2n) is 18.1. The Kier molecular flexibility index (Phi) is 8.09. The summed E-state index contributed by atoms with van der Waals surface area (Å²) in [5.41, 5.74) is -0.274. The topological polar surface area (TPSA) is 285 Å². The third kappa shape index (κ3) is 5.33. The molecule has 0 saturated carbocycles. The van der Waals surface area contributed by atoms with Crippen LogP contribution in [0.1, 0.15) is 0 Å². The molecule has 0 unspecified atom stereocenters. The largest absolute Gasteiger partial charge is 0.324 e. The van der Waals surface area contributed by atoms with Gasteiger partial charge in [0.25, 0.3) is 0 Å². The molecule has 2 N–H and O–H groups in total. The number of aryl methyl sites for hydroxylation is 8. The normalized spacial score (nSPS) is 12.3. The first-order chi connectivity index (χ1) is 34.3. The number of benzene rings is 4. The number of rotatable bonds is 0. The van der Waals surface area contributed by atoms with Crippen LogP contribution >= 0.6 is 0 Å². The minimum Gasteiger partial charge on any atom is -0.324 e. The molecule has 72 heavy (non-hydrogen) atoms. The first kappa shape index (κ1) is 42.1. The Bertz CT molecular complexity index is 4590. The summed E-state index contributed by atoms with van der Waals surface area (Å²) in [7, 11) is 11.9. The maximum atomic E-state index is 13.2. The van der Waals surface area contributed by atoms with Gasteiger partial charge in [-0.2, -0.15) is 0 Å². The summed E-state index contributed by atoms with van der Waals surface area (Å²) in [6.45, 7) is 0. The highest BCUT2D eigenvalue weighted by Crippen LogP contribution is 2.40. The third-order valence-corrected chi connectivity index (χ3v) is 14.3. The van der Waals surface area contributed by atoms with Crippen LogP contribution in [0.25, 0.3) is 134 Å². The highest BCUT2D eigenvalue weighted by atomic mass is 16.2. The van der Waals surface area contributed by atoms with E-state index in [2.05, 4.69) is 9.97 Å². The summed E-state index contributed by atoms with van der Waals surface area (Å²) in [6.07, 6.45) is 0. The van der Waals surface area contributed by atoms with Crippen molar-refractivity contribution < 1.29 is 0 Å². The number of H-pyrrole nitrogens is 2. The molecule has 0 fully saturated rings. The van der Waals surface area contributed by atoms with Crippen LogP contribution in [0.2, 0.25) is 0 Å². The maximum absolute atomic E-state index is 13.2. The molecule has 0 radical (unpaired) electrons. The summed E-state index contributed by atoms with van der Waals surface area (Å²) in [5.74, 6) is 0.515. The van der Waals surface area contributed by atoms with Gasteiger partial charge in [0.05, 0.1) is 44.1 Å². The second-order valence-corrected chi connectivity index (χ2v) is 18.1. The van der Waals surface area contributed by atoms with E-state index >= 15 is 0 Å². The van der Waals surface area contributed by atoms with Gasteiger partial charge in [-0.15, -0.1) is 0 Å². The highest BCUT2D eigenvalue weighted by Gasteiger charge is 2.27. The summed E-state index contributed by atoms with van der Waals surface area (Å²) in [5, 5.41) is 1.83. The fourth-order valence-corrected chi connectivity index (χ4v) is 10.1. The third-order valence-electron chi connectivity index (χ3n) is 14.3. The SMILES string of the molecule is Cn1c(=O)c(=O)n(C)c2cc3c(cc21)-c1nc-3nc2[nH]c(nc3nc(nc4[nH]c(n1)c1cc5c(cc41)n(C)c(=O)c(=O)n5C)-c1cc4c(cc1-3)n(C)c(=O)c(=O)n4C)c1cc3c(cc21)n(C)c(=O)c(=O)n3C. The lowest BCUT2D eigenvalue weighted by molar-refractivity contribution is 0.799. The van der Waals surface area contributed by atoms with Gasteiger partial charge in [0, 0.05) is 100 Å². The summed E-state index contributed by atoms with van der Waals surface area (Å²) in [4.78, 5) is 143. The van der Waals surface area contributed by atoms with Crippen molar-refractivity contribution in [1.82, 2.24) is 76.4 Å². The minimum atomic E-state index is -0.754. The smallest absolute Gasteiger partial charge is 0.316 e. The molecule has 0 spiro atoms. The van der Waals surface area contributed by atoms with Crippen molar-refractivity contribution in [1.29, 1.82) is 0 Å². The van der Waals surface area contributed by atoms with Crippen LogP contribution in [-0.4, -0.2) is 76.4 Å². The number of aromatic amines is 2. The van der Waals surface area contributed by atoms with E-state index in [9.17, 15) is 38.4 Å². The Morgan fingerprint density at radius 3 is 0.611 bits per heavy atom. The fourth-order valence-electron chi connectivity index (χ4n) is 10.1. The van der Waals surface area contributed by atoms with Crippen LogP contribution < -0.4 is 44.5 Å². The van der Waals surface area contributed by atoms with Crippen molar-refractivity contribution in [2.24, 2.45) is 56.4 Å². The maximum Gasteiger partial charge on any atom is 0.316 e. The van der Waals surface area contributed by atoms with E-state index in [1.165, 1.54) is 92.9 Å². The van der Waals surface area contributed by atoms with E-state index in [0.29, 0.717) is 87.9 Å². The van der Waals surface area contributed by atoms with Crippen molar-refractivity contribution in [2.45, 2.75) is 0 Å². The first-order valence-electron chi connectivity index (χ1n) is 22.1. The van der Waals surface area contributed by atoms with Crippen LogP contribution in [0.15, 0.2) is 86.9 Å². The van der Waals surface area contributed by atoms with Crippen LogP contribution in [0.4, 0.5) is 0 Å². The zero-order valence-electron chi connectivity index (χ0n) is 39.1. The molecule has 7 aromatic heterocycles. The van der Waals surface area contributed by atoms with Crippen LogP contribution in [-0.2, 0) is 56.4 Å². The van der Waals surface area contributed by atoms with E-state index in [1.54, 1.807) is 48.5 Å². The predicted octanol–water partition coefficient (Wildman–Crippen LogP) is 1.07. The lowest BCUT2D eigenvalue weighted by Crippen LogP contribution is -2.39. The van der Waals surface area contributed by atoms with Crippen molar-refractivity contribution in [3.05, 3.63) is 131 Å². The Morgan fingerprint density at radius 1 is 0.264 bits per heavy atom. The number of fused-ring (bicyclic) bond motifs is 24. The molecular formula is C48H34N16O8. The van der Waals surface area contributed by atoms with Gasteiger partial charge >= 0.3 is 44.5 Å². The number of nitrogens with zero attached hydrogens (tertiary/aromatic N) is 14. The molecule has 11 aromatic rings. The zero-order valence-corrected chi connectivity index (χ0v) is 39.1. The molecule has 13 rings (SSSR count). The summed E-state index contributed by atoms with van der Waals surface area (Å²) < 4.78 is 10.0. The minimum absolute atomic E-state index is 0.129. The van der Waals surface area contributed by atoms with Gasteiger partial charge in [-0.25, -0.2) is 29.9 Å². The standard InChI is InChI=1S/C48H34N16O8/c1-57-25-9-17-18(10-26(25)58(2)42(66)41(57)65)34-49-33(17)53-35-19-11-27-28(60(4)44(68)43(67)59(27)3)12-20(19)37(50-35)55-39-23-15-31-32(64(8)48(72)47(71)63(31)7)16-24(23)40(52-39)56-38-22-14-30-29(13-21(22)36(51-38)54-34)61(5)45(69)46(70)62(30)6/h9-16H,1-8H3,(H2,49,50,51,52,53,54,55,56). The van der Waals surface area contributed by atoms with Crippen LogP contribution in [0, 0.1) is 0 Å². The van der Waals surface area contributed by atoms with Gasteiger partial charge in [0.15, 0.2) is 23.3 Å². The van der Waals surface area contributed by atoms with Crippen molar-refractivity contribution in [3.8, 4) is 45.6 Å². The molecule has 24 heteroatoms. The number of nitrogens with one attached hydrogen (secondary N) is 2.